The van der Waals surface area contributed by atoms with Crippen LogP contribution in [0.5, 0.6) is 11.8 Å². The van der Waals surface area contributed by atoms with Crippen LogP contribution in [0, 0.1) is 11.6 Å². The van der Waals surface area contributed by atoms with Crippen molar-refractivity contribution in [3.8, 4) is 11.8 Å². The Kier molecular flexibility index (Phi) is 4.12. The fourth-order valence-electron chi connectivity index (χ4n) is 3.06. The van der Waals surface area contributed by atoms with Gasteiger partial charge in [0.1, 0.15) is 17.5 Å². The van der Waals surface area contributed by atoms with E-state index in [0.717, 1.165) is 25.0 Å². The maximum atomic E-state index is 14.1. The number of rotatable bonds is 4. The van der Waals surface area contributed by atoms with E-state index in [2.05, 4.69) is 25.4 Å². The number of fused-ring (bicyclic) bond motifs is 1. The summed E-state index contributed by atoms with van der Waals surface area (Å²) in [4.78, 5) is 11.5. The van der Waals surface area contributed by atoms with Gasteiger partial charge in [-0.05, 0) is 31.1 Å². The Morgan fingerprint density at radius 2 is 2.03 bits per heavy atom. The third kappa shape index (κ3) is 3.43. The standard InChI is InChI=1S/C20H16F2N6O2/c21-12-1-4-15(14(22)7-12)25-16-8-17(24-13-2-3-13)28-19(26-16)11(9-23-28)5-10-6-18(29)27-20(10)30/h1,4-9,13,25,27,29-30H,2-3H2. The van der Waals surface area contributed by atoms with Gasteiger partial charge in [-0.2, -0.15) is 9.61 Å². The molecule has 0 atom stereocenters. The SMILES string of the molecule is Oc1cc(C=c2cnn3c(=NC4CC4)cc(Nc4ccc(F)cc4F)nc23)c(O)[nH]1. The summed E-state index contributed by atoms with van der Waals surface area (Å²) in [7, 11) is 0. The number of hydrogen-bond donors (Lipinski definition) is 4. The molecule has 5 rings (SSSR count). The molecule has 0 aliphatic heterocycles. The highest BCUT2D eigenvalue weighted by Gasteiger charge is 2.20. The molecule has 0 bridgehead atoms. The molecule has 30 heavy (non-hydrogen) atoms. The number of aromatic nitrogens is 4. The van der Waals surface area contributed by atoms with Crippen molar-refractivity contribution < 1.29 is 19.0 Å². The summed E-state index contributed by atoms with van der Waals surface area (Å²) >= 11 is 0. The lowest BCUT2D eigenvalue weighted by atomic mass is 10.2. The van der Waals surface area contributed by atoms with Gasteiger partial charge >= 0.3 is 0 Å². The molecule has 0 amide bonds. The fourth-order valence-corrected chi connectivity index (χ4v) is 3.06. The number of H-pyrrole nitrogens is 1. The fraction of sp³-hybridized carbons (Fsp3) is 0.150. The number of aromatic hydroxyl groups is 2. The zero-order valence-corrected chi connectivity index (χ0v) is 15.5. The summed E-state index contributed by atoms with van der Waals surface area (Å²) < 4.78 is 28.9. The largest absolute Gasteiger partial charge is 0.494 e. The van der Waals surface area contributed by atoms with E-state index in [4.69, 9.17) is 0 Å². The van der Waals surface area contributed by atoms with Crippen LogP contribution in [0.3, 0.4) is 0 Å². The minimum absolute atomic E-state index is 0.0730. The first kappa shape index (κ1) is 18.1. The molecule has 1 fully saturated rings. The highest BCUT2D eigenvalue weighted by molar-refractivity contribution is 5.63. The molecule has 4 aromatic rings. The van der Waals surface area contributed by atoms with Crippen LogP contribution in [0.4, 0.5) is 20.3 Å². The van der Waals surface area contributed by atoms with Gasteiger partial charge in [-0.25, -0.2) is 13.8 Å². The van der Waals surface area contributed by atoms with Crippen LogP contribution in [0.25, 0.3) is 11.7 Å². The van der Waals surface area contributed by atoms with Crippen molar-refractivity contribution in [1.82, 2.24) is 19.6 Å². The summed E-state index contributed by atoms with van der Waals surface area (Å²) in [6.07, 6.45) is 5.12. The van der Waals surface area contributed by atoms with Crippen molar-refractivity contribution in [3.05, 3.63) is 64.4 Å². The maximum Gasteiger partial charge on any atom is 0.198 e. The van der Waals surface area contributed by atoms with Gasteiger partial charge in [-0.1, -0.05) is 0 Å². The van der Waals surface area contributed by atoms with Crippen molar-refractivity contribution in [2.45, 2.75) is 18.9 Å². The summed E-state index contributed by atoms with van der Waals surface area (Å²) in [5.41, 5.74) is 1.38. The lowest BCUT2D eigenvalue weighted by Crippen LogP contribution is -2.20. The highest BCUT2D eigenvalue weighted by atomic mass is 19.1. The van der Waals surface area contributed by atoms with E-state index in [9.17, 15) is 19.0 Å². The molecule has 1 saturated carbocycles. The molecule has 1 aliphatic rings. The smallest absolute Gasteiger partial charge is 0.198 e. The first-order valence-electron chi connectivity index (χ1n) is 9.23. The molecule has 152 valence electrons. The lowest BCUT2D eigenvalue weighted by Gasteiger charge is -2.07. The van der Waals surface area contributed by atoms with Gasteiger partial charge in [-0.15, -0.1) is 0 Å². The van der Waals surface area contributed by atoms with E-state index in [1.165, 1.54) is 12.1 Å². The quantitative estimate of drug-likeness (QED) is 0.412. The number of nitrogens with zero attached hydrogens (tertiary/aromatic N) is 4. The third-order valence-electron chi connectivity index (χ3n) is 4.66. The first-order valence-corrected chi connectivity index (χ1v) is 9.23. The maximum absolute atomic E-state index is 14.1. The van der Waals surface area contributed by atoms with Crippen LogP contribution in [0.2, 0.25) is 0 Å². The zero-order valence-electron chi connectivity index (χ0n) is 15.5. The third-order valence-corrected chi connectivity index (χ3v) is 4.66. The van der Waals surface area contributed by atoms with Gasteiger partial charge in [0.15, 0.2) is 22.9 Å². The van der Waals surface area contributed by atoms with Gasteiger partial charge < -0.3 is 15.5 Å². The monoisotopic (exact) mass is 410 g/mol. The Labute approximate surface area is 167 Å². The molecule has 1 aliphatic carbocycles. The molecule has 0 radical (unpaired) electrons. The molecule has 3 aromatic heterocycles. The van der Waals surface area contributed by atoms with E-state index in [1.807, 2.05) is 0 Å². The van der Waals surface area contributed by atoms with Crippen LogP contribution in [0.15, 0.2) is 41.5 Å². The summed E-state index contributed by atoms with van der Waals surface area (Å²) in [6.45, 7) is 0. The second-order valence-corrected chi connectivity index (χ2v) is 7.05. The van der Waals surface area contributed by atoms with Crippen molar-refractivity contribution in [3.63, 3.8) is 0 Å². The minimum Gasteiger partial charge on any atom is -0.494 e. The number of halogens is 2. The Morgan fingerprint density at radius 1 is 1.20 bits per heavy atom. The number of benzene rings is 1. The van der Waals surface area contributed by atoms with Crippen LogP contribution in [-0.4, -0.2) is 35.8 Å². The lowest BCUT2D eigenvalue weighted by molar-refractivity contribution is 0.425. The summed E-state index contributed by atoms with van der Waals surface area (Å²) in [5, 5.41) is 27.2. The Morgan fingerprint density at radius 3 is 2.73 bits per heavy atom. The summed E-state index contributed by atoms with van der Waals surface area (Å²) in [5.74, 6) is -1.48. The highest BCUT2D eigenvalue weighted by Crippen LogP contribution is 2.24. The molecule has 1 aromatic carbocycles. The van der Waals surface area contributed by atoms with Crippen molar-refractivity contribution in [2.75, 3.05) is 5.32 Å². The number of hydrogen-bond acceptors (Lipinski definition) is 6. The Bertz CT molecular complexity index is 1390. The van der Waals surface area contributed by atoms with Crippen LogP contribution in [0.1, 0.15) is 18.4 Å². The normalized spacial score (nSPS) is 15.3. The molecule has 3 heterocycles. The molecule has 0 spiro atoms. The molecule has 4 N–H and O–H groups in total. The molecular formula is C20H16F2N6O2. The number of anilines is 2. The van der Waals surface area contributed by atoms with Crippen LogP contribution < -0.4 is 16.0 Å². The topological polar surface area (TPSA) is 111 Å². The molecule has 0 saturated heterocycles. The van der Waals surface area contributed by atoms with Crippen molar-refractivity contribution >= 4 is 23.2 Å². The Balaban J connectivity index is 1.67. The predicted octanol–water partition coefficient (Wildman–Crippen LogP) is 2.10. The van der Waals surface area contributed by atoms with E-state index in [1.54, 1.807) is 22.9 Å². The van der Waals surface area contributed by atoms with E-state index >= 15 is 0 Å². The Hall–Kier alpha value is -3.95. The van der Waals surface area contributed by atoms with Crippen LogP contribution in [-0.2, 0) is 0 Å². The first-order chi connectivity index (χ1) is 14.5. The summed E-state index contributed by atoms with van der Waals surface area (Å²) in [6, 6.07) is 6.44. The zero-order chi connectivity index (χ0) is 20.8. The second-order valence-electron chi connectivity index (χ2n) is 7.05. The average molecular weight is 410 g/mol. The molecule has 8 nitrogen and oxygen atoms in total. The molecule has 10 heteroatoms. The van der Waals surface area contributed by atoms with Crippen LogP contribution >= 0.6 is 0 Å². The van der Waals surface area contributed by atoms with Gasteiger partial charge in [0, 0.05) is 29.0 Å². The van der Waals surface area contributed by atoms with E-state index in [0.29, 0.717) is 27.7 Å². The van der Waals surface area contributed by atoms with Gasteiger partial charge in [0.25, 0.3) is 0 Å². The van der Waals surface area contributed by atoms with E-state index < -0.39 is 11.6 Å². The minimum atomic E-state index is -0.745. The average Bonchev–Trinajstić information content (AvgIpc) is 3.33. The van der Waals surface area contributed by atoms with Gasteiger partial charge in [0.05, 0.1) is 17.9 Å². The van der Waals surface area contributed by atoms with Crippen molar-refractivity contribution in [1.29, 1.82) is 0 Å². The number of aromatic amines is 1. The second kappa shape index (κ2) is 6.83. The van der Waals surface area contributed by atoms with E-state index in [-0.39, 0.29) is 23.5 Å². The number of nitrogens with one attached hydrogen (secondary N) is 2. The molecular weight excluding hydrogens is 394 g/mol. The predicted molar refractivity (Wildman–Crippen MR) is 104 cm³/mol. The van der Waals surface area contributed by atoms with Gasteiger partial charge in [0.2, 0.25) is 0 Å². The van der Waals surface area contributed by atoms with Gasteiger partial charge in [-0.3, -0.25) is 9.98 Å². The molecule has 0 unspecified atom stereocenters. The van der Waals surface area contributed by atoms with Crippen molar-refractivity contribution in [2.24, 2.45) is 4.99 Å².